The van der Waals surface area contributed by atoms with E-state index < -0.39 is 5.91 Å². The first-order valence-corrected chi connectivity index (χ1v) is 15.2. The number of hydrogen-bond acceptors (Lipinski definition) is 8. The highest BCUT2D eigenvalue weighted by molar-refractivity contribution is 5.97. The number of anilines is 4. The highest BCUT2D eigenvalue weighted by Gasteiger charge is 2.32. The molecule has 0 radical (unpaired) electrons. The third-order valence-corrected chi connectivity index (χ3v) is 9.12. The van der Waals surface area contributed by atoms with Crippen molar-refractivity contribution in [2.45, 2.75) is 51.0 Å². The van der Waals surface area contributed by atoms with Gasteiger partial charge in [0.05, 0.1) is 12.7 Å². The van der Waals surface area contributed by atoms with Crippen LogP contribution in [0, 0.1) is 5.92 Å². The molecule has 1 aromatic heterocycles. The third kappa shape index (κ3) is 6.33. The van der Waals surface area contributed by atoms with E-state index in [0.717, 1.165) is 42.9 Å². The zero-order valence-electron chi connectivity index (χ0n) is 24.8. The second kappa shape index (κ2) is 12.0. The van der Waals surface area contributed by atoms with Gasteiger partial charge < -0.3 is 25.8 Å². The van der Waals surface area contributed by atoms with Gasteiger partial charge in [0.25, 0.3) is 5.91 Å². The molecule has 2 amide bonds. The summed E-state index contributed by atoms with van der Waals surface area (Å²) in [7, 11) is 1.82. The first-order chi connectivity index (χ1) is 20.8. The van der Waals surface area contributed by atoms with Crippen molar-refractivity contribution in [3.63, 3.8) is 0 Å². The summed E-state index contributed by atoms with van der Waals surface area (Å²) in [6, 6.07) is 15.9. The normalized spacial score (nSPS) is 20.7. The fourth-order valence-corrected chi connectivity index (χ4v) is 6.19. The smallest absolute Gasteiger partial charge is 0.271 e. The van der Waals surface area contributed by atoms with Crippen LogP contribution in [-0.4, -0.2) is 71.7 Å². The zero-order valence-corrected chi connectivity index (χ0v) is 24.8. The number of ketones is 1. The van der Waals surface area contributed by atoms with Crippen molar-refractivity contribution in [3.8, 4) is 0 Å². The predicted octanol–water partition coefficient (Wildman–Crippen LogP) is 4.35. The van der Waals surface area contributed by atoms with Crippen molar-refractivity contribution in [1.29, 1.82) is 0 Å². The topological polar surface area (TPSA) is 125 Å². The molecule has 0 spiro atoms. The molecule has 3 aliphatic rings. The van der Waals surface area contributed by atoms with Gasteiger partial charge in [-0.1, -0.05) is 24.3 Å². The first-order valence-electron chi connectivity index (χ1n) is 15.2. The average molecular weight is 582 g/mol. The fourth-order valence-electron chi connectivity index (χ4n) is 6.19. The van der Waals surface area contributed by atoms with Gasteiger partial charge in [0.1, 0.15) is 5.82 Å². The SMILES string of the molecule is C[C@@H]1[C@H](CC(=O)c2ccc(C3CC3)cc2)CCCN1c1cnc(C(N)=O)c(Nc2ccc(N3CCN(C)C(=O)C3)cc2)n1. The van der Waals surface area contributed by atoms with Crippen LogP contribution < -0.4 is 20.9 Å². The molecular formula is C33H39N7O3. The minimum atomic E-state index is -0.669. The molecule has 43 heavy (non-hydrogen) atoms. The number of piperazine rings is 1. The summed E-state index contributed by atoms with van der Waals surface area (Å²) in [5, 5.41) is 3.23. The molecule has 3 fully saturated rings. The molecule has 224 valence electrons. The van der Waals surface area contributed by atoms with Gasteiger partial charge >= 0.3 is 0 Å². The lowest BCUT2D eigenvalue weighted by Gasteiger charge is -2.40. The van der Waals surface area contributed by atoms with Gasteiger partial charge in [-0.2, -0.15) is 0 Å². The Balaban J connectivity index is 1.15. The van der Waals surface area contributed by atoms with Crippen molar-refractivity contribution in [2.75, 3.05) is 48.3 Å². The monoisotopic (exact) mass is 581 g/mol. The van der Waals surface area contributed by atoms with E-state index >= 15 is 0 Å². The van der Waals surface area contributed by atoms with Crippen LogP contribution in [0.3, 0.4) is 0 Å². The average Bonchev–Trinajstić information content (AvgIpc) is 3.86. The molecule has 3 heterocycles. The Morgan fingerprint density at radius 1 is 1.00 bits per heavy atom. The van der Waals surface area contributed by atoms with E-state index in [1.165, 1.54) is 18.4 Å². The van der Waals surface area contributed by atoms with Gasteiger partial charge in [-0.05, 0) is 74.3 Å². The van der Waals surface area contributed by atoms with E-state index in [-0.39, 0.29) is 35.2 Å². The summed E-state index contributed by atoms with van der Waals surface area (Å²) < 4.78 is 0. The number of benzene rings is 2. The Labute approximate surface area is 252 Å². The molecule has 2 aromatic carbocycles. The number of carbonyl (C=O) groups excluding carboxylic acids is 3. The number of Topliss-reactive ketones (excluding diaryl/α,β-unsaturated/α-hetero) is 1. The van der Waals surface area contributed by atoms with Crippen LogP contribution in [0.15, 0.2) is 54.7 Å². The fraction of sp³-hybridized carbons (Fsp3) is 0.424. The molecule has 10 nitrogen and oxygen atoms in total. The molecule has 2 aliphatic heterocycles. The second-order valence-corrected chi connectivity index (χ2v) is 12.1. The summed E-state index contributed by atoms with van der Waals surface area (Å²) in [4.78, 5) is 52.7. The minimum absolute atomic E-state index is 0.0588. The number of likely N-dealkylation sites (N-methyl/N-ethyl adjacent to an activating group) is 1. The van der Waals surface area contributed by atoms with Gasteiger partial charge in [-0.3, -0.25) is 14.4 Å². The van der Waals surface area contributed by atoms with E-state index in [9.17, 15) is 14.4 Å². The molecule has 1 saturated carbocycles. The Morgan fingerprint density at radius 3 is 2.42 bits per heavy atom. The summed E-state index contributed by atoms with van der Waals surface area (Å²) in [5.74, 6) is 1.36. The van der Waals surface area contributed by atoms with Crippen LogP contribution in [0.4, 0.5) is 23.0 Å². The molecule has 0 bridgehead atoms. The maximum atomic E-state index is 13.2. The highest BCUT2D eigenvalue weighted by Crippen LogP contribution is 2.40. The Kier molecular flexibility index (Phi) is 8.01. The van der Waals surface area contributed by atoms with Crippen LogP contribution in [0.2, 0.25) is 0 Å². The number of nitrogens with zero attached hydrogens (tertiary/aromatic N) is 5. The van der Waals surface area contributed by atoms with Gasteiger partial charge in [0.15, 0.2) is 17.3 Å². The van der Waals surface area contributed by atoms with Crippen molar-refractivity contribution >= 4 is 40.6 Å². The maximum absolute atomic E-state index is 13.2. The molecule has 0 unspecified atom stereocenters. The molecule has 2 saturated heterocycles. The summed E-state index contributed by atoms with van der Waals surface area (Å²) in [6.45, 7) is 4.70. The second-order valence-electron chi connectivity index (χ2n) is 12.1. The summed E-state index contributed by atoms with van der Waals surface area (Å²) in [5.41, 5.74) is 9.49. The number of nitrogens with one attached hydrogen (secondary N) is 1. The van der Waals surface area contributed by atoms with E-state index in [4.69, 9.17) is 10.7 Å². The Bertz CT molecular complexity index is 1500. The molecule has 1 aliphatic carbocycles. The van der Waals surface area contributed by atoms with Gasteiger partial charge in [0.2, 0.25) is 5.91 Å². The largest absolute Gasteiger partial charge is 0.364 e. The van der Waals surface area contributed by atoms with E-state index in [1.807, 2.05) is 48.3 Å². The number of hydrogen-bond donors (Lipinski definition) is 2. The zero-order chi connectivity index (χ0) is 30.1. The van der Waals surface area contributed by atoms with Crippen molar-refractivity contribution < 1.29 is 14.4 Å². The van der Waals surface area contributed by atoms with Gasteiger partial charge in [-0.15, -0.1) is 0 Å². The lowest BCUT2D eigenvalue weighted by Crippen LogP contribution is -2.48. The molecule has 3 aromatic rings. The highest BCUT2D eigenvalue weighted by atomic mass is 16.2. The van der Waals surface area contributed by atoms with Crippen molar-refractivity contribution in [1.82, 2.24) is 14.9 Å². The lowest BCUT2D eigenvalue weighted by molar-refractivity contribution is -0.129. The number of carbonyl (C=O) groups is 3. The van der Waals surface area contributed by atoms with Crippen LogP contribution in [0.5, 0.6) is 0 Å². The van der Waals surface area contributed by atoms with Gasteiger partial charge in [0, 0.05) is 56.1 Å². The number of primary amides is 1. The van der Waals surface area contributed by atoms with Crippen molar-refractivity contribution in [2.24, 2.45) is 11.7 Å². The van der Waals surface area contributed by atoms with E-state index in [0.29, 0.717) is 31.2 Å². The van der Waals surface area contributed by atoms with Gasteiger partial charge in [-0.25, -0.2) is 9.97 Å². The van der Waals surface area contributed by atoms with Crippen molar-refractivity contribution in [3.05, 3.63) is 71.5 Å². The molecular weight excluding hydrogens is 542 g/mol. The molecule has 3 N–H and O–H groups in total. The number of piperidine rings is 1. The van der Waals surface area contributed by atoms with Crippen LogP contribution >= 0.6 is 0 Å². The molecule has 10 heteroatoms. The molecule has 6 rings (SSSR count). The standard InChI is InChI=1S/C33H39N7O3/c1-21-25(18-28(41)24-9-7-23(8-10-24)22-5-6-22)4-3-15-40(21)29-19-35-31(32(34)43)33(37-29)36-26-11-13-27(14-12-26)39-17-16-38(2)30(42)20-39/h7-14,19,21-22,25H,3-6,15-18,20H2,1-2H3,(H2,34,43)(H,36,37)/t21-,25+/m1/s1. The number of nitrogens with two attached hydrogens (primary N) is 1. The number of amides is 2. The van der Waals surface area contributed by atoms with Crippen LogP contribution in [-0.2, 0) is 4.79 Å². The van der Waals surface area contributed by atoms with Crippen LogP contribution in [0.25, 0.3) is 0 Å². The Morgan fingerprint density at radius 2 is 1.74 bits per heavy atom. The summed E-state index contributed by atoms with van der Waals surface area (Å²) in [6.07, 6.45) is 6.46. The first kappa shape index (κ1) is 28.6. The van der Waals surface area contributed by atoms with E-state index in [1.54, 1.807) is 11.1 Å². The van der Waals surface area contributed by atoms with E-state index in [2.05, 4.69) is 34.3 Å². The maximum Gasteiger partial charge on any atom is 0.271 e. The quantitative estimate of drug-likeness (QED) is 0.358. The Hall–Kier alpha value is -4.47. The lowest BCUT2D eigenvalue weighted by atomic mass is 9.85. The minimum Gasteiger partial charge on any atom is -0.364 e. The van der Waals surface area contributed by atoms with Crippen LogP contribution in [0.1, 0.15) is 71.4 Å². The third-order valence-electron chi connectivity index (χ3n) is 9.12. The predicted molar refractivity (Wildman–Crippen MR) is 167 cm³/mol. The molecule has 2 atom stereocenters. The summed E-state index contributed by atoms with van der Waals surface area (Å²) >= 11 is 0. The number of aromatic nitrogens is 2. The number of rotatable bonds is 9.